The average molecular weight is 419 g/mol. The molecule has 4 rings (SSSR count). The van der Waals surface area contributed by atoms with Gasteiger partial charge in [-0.25, -0.2) is 4.98 Å². The number of imidazole rings is 1. The lowest BCUT2D eigenvalue weighted by Crippen LogP contribution is -2.27. The number of halogens is 1. The number of nitrogens with two attached hydrogens (primary N) is 1. The molecule has 0 spiro atoms. The number of aromatic nitrogens is 3. The van der Waals surface area contributed by atoms with E-state index in [2.05, 4.69) is 20.3 Å². The van der Waals surface area contributed by atoms with Crippen molar-refractivity contribution in [3.8, 4) is 0 Å². The number of carbonyl (C=O) groups is 1. The number of amides is 1. The lowest BCUT2D eigenvalue weighted by atomic mass is 10.0. The van der Waals surface area contributed by atoms with Crippen molar-refractivity contribution in [3.63, 3.8) is 0 Å². The van der Waals surface area contributed by atoms with E-state index in [-0.39, 0.29) is 23.5 Å². The van der Waals surface area contributed by atoms with Crippen molar-refractivity contribution in [2.24, 2.45) is 0 Å². The number of carbonyl (C=O) groups excluding carboxylic acids is 1. The van der Waals surface area contributed by atoms with Gasteiger partial charge in [-0.15, -0.1) is 0 Å². The lowest BCUT2D eigenvalue weighted by Gasteiger charge is -2.14. The maximum absolute atomic E-state index is 12.7. The number of nitrogen functional groups attached to an aromatic ring is 1. The van der Waals surface area contributed by atoms with Crippen LogP contribution in [0.2, 0.25) is 5.02 Å². The minimum atomic E-state index is -0.358. The highest BCUT2D eigenvalue weighted by atomic mass is 35.5. The summed E-state index contributed by atoms with van der Waals surface area (Å²) in [5.41, 5.74) is 10.1. The molecule has 1 unspecified atom stereocenters. The van der Waals surface area contributed by atoms with Gasteiger partial charge in [-0.2, -0.15) is 0 Å². The topological polar surface area (TPSA) is 121 Å². The van der Waals surface area contributed by atoms with E-state index in [9.17, 15) is 4.79 Å². The summed E-state index contributed by atoms with van der Waals surface area (Å²) in [4.78, 5) is 24.1. The number of nitrogens with one attached hydrogen (secondary N) is 3. The second-order valence-corrected chi connectivity index (χ2v) is 7.28. The zero-order valence-corrected chi connectivity index (χ0v) is 16.9. The number of hydrogen-bond donors (Lipinski definition) is 4. The average Bonchev–Trinajstić information content (AvgIpc) is 3.16. The molecule has 1 atom stereocenters. The molecule has 0 bridgehead atoms. The number of nitrogens with zero attached hydrogens (tertiary/aromatic N) is 2. The van der Waals surface area contributed by atoms with Crippen molar-refractivity contribution < 1.29 is 4.79 Å². The van der Waals surface area contributed by atoms with Crippen LogP contribution in [0.1, 0.15) is 40.3 Å². The Hall–Kier alpha value is -3.71. The van der Waals surface area contributed by atoms with E-state index in [1.807, 2.05) is 25.1 Å². The predicted octanol–water partition coefficient (Wildman–Crippen LogP) is 4.10. The third-order valence-electron chi connectivity index (χ3n) is 4.83. The first kappa shape index (κ1) is 19.6. The summed E-state index contributed by atoms with van der Waals surface area (Å²) in [5.74, 6) is -0.196. The van der Waals surface area contributed by atoms with E-state index < -0.39 is 0 Å². The molecular formula is C22H19ClN6O. The molecule has 1 amide bonds. The van der Waals surface area contributed by atoms with Crippen LogP contribution in [0.5, 0.6) is 0 Å². The summed E-state index contributed by atoms with van der Waals surface area (Å²) in [6.45, 7) is 1.86. The molecule has 0 aliphatic rings. The van der Waals surface area contributed by atoms with Crippen molar-refractivity contribution in [2.45, 2.75) is 13.0 Å². The molecular weight excluding hydrogens is 400 g/mol. The predicted molar refractivity (Wildman–Crippen MR) is 118 cm³/mol. The quantitative estimate of drug-likeness (QED) is 0.288. The Bertz CT molecular complexity index is 1250. The smallest absolute Gasteiger partial charge is 0.287 e. The molecule has 0 fully saturated rings. The maximum Gasteiger partial charge on any atom is 0.287 e. The van der Waals surface area contributed by atoms with Crippen molar-refractivity contribution >= 4 is 39.9 Å². The van der Waals surface area contributed by atoms with Crippen LogP contribution in [0.15, 0.2) is 60.9 Å². The molecule has 150 valence electrons. The molecule has 0 saturated carbocycles. The highest BCUT2D eigenvalue weighted by molar-refractivity contribution is 6.31. The minimum absolute atomic E-state index is 0.163. The third-order valence-corrected chi connectivity index (χ3v) is 5.17. The molecule has 0 radical (unpaired) electrons. The minimum Gasteiger partial charge on any atom is -0.398 e. The van der Waals surface area contributed by atoms with Crippen LogP contribution in [0.3, 0.4) is 0 Å². The van der Waals surface area contributed by atoms with Crippen LogP contribution in [-0.4, -0.2) is 26.6 Å². The summed E-state index contributed by atoms with van der Waals surface area (Å²) in [6, 6.07) is 13.9. The number of H-pyrrole nitrogens is 1. The van der Waals surface area contributed by atoms with E-state index in [0.29, 0.717) is 32.9 Å². The zero-order chi connectivity index (χ0) is 21.3. The molecule has 2 aromatic heterocycles. The van der Waals surface area contributed by atoms with Crippen LogP contribution in [-0.2, 0) is 0 Å². The monoisotopic (exact) mass is 418 g/mol. The highest BCUT2D eigenvalue weighted by Crippen LogP contribution is 2.24. The van der Waals surface area contributed by atoms with Gasteiger partial charge in [0.05, 0.1) is 22.8 Å². The second-order valence-electron chi connectivity index (χ2n) is 6.87. The van der Waals surface area contributed by atoms with E-state index in [4.69, 9.17) is 22.7 Å². The van der Waals surface area contributed by atoms with Crippen LogP contribution in [0, 0.1) is 5.41 Å². The van der Waals surface area contributed by atoms with Crippen LogP contribution < -0.4 is 11.1 Å². The molecule has 8 heteroatoms. The Morgan fingerprint density at radius 1 is 1.20 bits per heavy atom. The summed E-state index contributed by atoms with van der Waals surface area (Å²) >= 11 is 6.22. The fourth-order valence-corrected chi connectivity index (χ4v) is 3.54. The molecule has 7 nitrogen and oxygen atoms in total. The first-order valence-electron chi connectivity index (χ1n) is 9.28. The number of hydrogen-bond acceptors (Lipinski definition) is 5. The van der Waals surface area contributed by atoms with Crippen LogP contribution in [0.25, 0.3) is 11.0 Å². The Balaban J connectivity index is 1.61. The van der Waals surface area contributed by atoms with Gasteiger partial charge < -0.3 is 16.0 Å². The van der Waals surface area contributed by atoms with Gasteiger partial charge in [-0.1, -0.05) is 29.8 Å². The summed E-state index contributed by atoms with van der Waals surface area (Å²) in [7, 11) is 0. The number of pyridine rings is 1. The molecule has 2 heterocycles. The van der Waals surface area contributed by atoms with Crippen molar-refractivity contribution in [1.82, 2.24) is 20.3 Å². The first-order chi connectivity index (χ1) is 14.4. The summed E-state index contributed by atoms with van der Waals surface area (Å²) < 4.78 is 0. The van der Waals surface area contributed by atoms with E-state index in [0.717, 1.165) is 5.56 Å². The Kier molecular flexibility index (Phi) is 5.20. The Morgan fingerprint density at radius 2 is 1.93 bits per heavy atom. The Labute approximate surface area is 177 Å². The molecule has 30 heavy (non-hydrogen) atoms. The van der Waals surface area contributed by atoms with Gasteiger partial charge >= 0.3 is 0 Å². The van der Waals surface area contributed by atoms with E-state index in [1.54, 1.807) is 42.7 Å². The maximum atomic E-state index is 12.7. The molecule has 0 aliphatic carbocycles. The Morgan fingerprint density at radius 3 is 2.67 bits per heavy atom. The number of rotatable bonds is 5. The van der Waals surface area contributed by atoms with Gasteiger partial charge in [0.2, 0.25) is 0 Å². The fourth-order valence-electron chi connectivity index (χ4n) is 3.24. The standard InChI is InChI=1S/C22H19ClN6O/c1-12(14-4-2-3-5-16(14)23)27-22(30)21-28-18-10-15(17(24)11-19(18)29-21)20(25)13-6-8-26-9-7-13/h2-12,25H,24H2,1H3,(H,27,30)(H,28,29). The van der Waals surface area contributed by atoms with Crippen LogP contribution >= 0.6 is 11.6 Å². The van der Waals surface area contributed by atoms with Crippen molar-refractivity contribution in [1.29, 1.82) is 5.41 Å². The SMILES string of the molecule is CC(NC(=O)c1nc2cc(N)c(C(=N)c3ccncc3)cc2[nH]1)c1ccccc1Cl. The van der Waals surface area contributed by atoms with E-state index >= 15 is 0 Å². The van der Waals surface area contributed by atoms with Gasteiger partial charge in [0.25, 0.3) is 5.91 Å². The number of fused-ring (bicyclic) bond motifs is 1. The normalized spacial score (nSPS) is 11.9. The van der Waals surface area contributed by atoms with Crippen LogP contribution in [0.4, 0.5) is 5.69 Å². The van der Waals surface area contributed by atoms with Gasteiger partial charge in [-0.3, -0.25) is 15.2 Å². The summed E-state index contributed by atoms with van der Waals surface area (Å²) in [5, 5.41) is 11.9. The van der Waals surface area contributed by atoms with Gasteiger partial charge in [0, 0.05) is 34.2 Å². The number of benzene rings is 2. The van der Waals surface area contributed by atoms with Crippen molar-refractivity contribution in [3.05, 3.63) is 88.5 Å². The second kappa shape index (κ2) is 7.96. The highest BCUT2D eigenvalue weighted by Gasteiger charge is 2.18. The van der Waals surface area contributed by atoms with Crippen molar-refractivity contribution in [2.75, 3.05) is 5.73 Å². The third kappa shape index (κ3) is 3.75. The van der Waals surface area contributed by atoms with Gasteiger partial charge in [0.15, 0.2) is 5.82 Å². The summed E-state index contributed by atoms with van der Waals surface area (Å²) in [6.07, 6.45) is 3.24. The lowest BCUT2D eigenvalue weighted by molar-refractivity contribution is 0.0930. The zero-order valence-electron chi connectivity index (χ0n) is 16.1. The molecule has 5 N–H and O–H groups in total. The molecule has 4 aromatic rings. The fraction of sp³-hybridized carbons (Fsp3) is 0.0909. The number of anilines is 1. The molecule has 0 aliphatic heterocycles. The first-order valence-corrected chi connectivity index (χ1v) is 9.65. The molecule has 2 aromatic carbocycles. The van der Waals surface area contributed by atoms with E-state index in [1.165, 1.54) is 0 Å². The number of aromatic amines is 1. The molecule has 0 saturated heterocycles. The largest absolute Gasteiger partial charge is 0.398 e. The van der Waals surface area contributed by atoms with Gasteiger partial charge in [-0.05, 0) is 42.8 Å². The van der Waals surface area contributed by atoms with Gasteiger partial charge in [0.1, 0.15) is 0 Å².